The fourth-order valence-electron chi connectivity index (χ4n) is 1.71. The minimum atomic E-state index is -0.285. The third-order valence-corrected chi connectivity index (χ3v) is 2.92. The minimum Gasteiger partial charge on any atom is -0.491 e. The van der Waals surface area contributed by atoms with Gasteiger partial charge in [-0.1, -0.05) is 12.1 Å². The zero-order valence-corrected chi connectivity index (χ0v) is 12.0. The Bertz CT molecular complexity index is 522. The first kappa shape index (κ1) is 13.2. The molecule has 1 aromatic carbocycles. The Kier molecular flexibility index (Phi) is 4.09. The number of rotatable bonds is 4. The van der Waals surface area contributed by atoms with Gasteiger partial charge in [0.25, 0.3) is 0 Å². The van der Waals surface area contributed by atoms with Crippen LogP contribution in [0.1, 0.15) is 31.2 Å². The molecule has 2 N–H and O–H groups in total. The highest BCUT2D eigenvalue weighted by Crippen LogP contribution is 2.26. The summed E-state index contributed by atoms with van der Waals surface area (Å²) in [5, 5.41) is 0. The highest BCUT2D eigenvalue weighted by atomic mass is 79.9. The number of furan rings is 1. The summed E-state index contributed by atoms with van der Waals surface area (Å²) in [6.07, 6.45) is 0.147. The molecule has 0 aliphatic heterocycles. The van der Waals surface area contributed by atoms with Crippen LogP contribution in [-0.4, -0.2) is 6.10 Å². The van der Waals surface area contributed by atoms with Crippen molar-refractivity contribution in [1.82, 2.24) is 0 Å². The number of benzene rings is 1. The van der Waals surface area contributed by atoms with Crippen molar-refractivity contribution in [2.24, 2.45) is 5.73 Å². The molecule has 18 heavy (non-hydrogen) atoms. The molecule has 0 amide bonds. The summed E-state index contributed by atoms with van der Waals surface area (Å²) in [5.41, 5.74) is 7.13. The van der Waals surface area contributed by atoms with Crippen LogP contribution in [0.15, 0.2) is 45.5 Å². The maximum Gasteiger partial charge on any atom is 0.169 e. The lowest BCUT2D eigenvalue weighted by Gasteiger charge is -2.13. The molecule has 0 bridgehead atoms. The zero-order valence-electron chi connectivity index (χ0n) is 10.4. The van der Waals surface area contributed by atoms with Crippen LogP contribution in [-0.2, 0) is 0 Å². The Morgan fingerprint density at radius 1 is 1.22 bits per heavy atom. The maximum atomic E-state index is 6.16. The normalized spacial score (nSPS) is 12.7. The van der Waals surface area contributed by atoms with E-state index in [2.05, 4.69) is 15.9 Å². The lowest BCUT2D eigenvalue weighted by atomic mass is 10.1. The SMILES string of the molecule is CC(C)Oc1cccc(C(N)c2ccc(Br)o2)c1. The van der Waals surface area contributed by atoms with Crippen molar-refractivity contribution in [3.05, 3.63) is 52.4 Å². The second kappa shape index (κ2) is 5.59. The fourth-order valence-corrected chi connectivity index (χ4v) is 2.03. The second-order valence-electron chi connectivity index (χ2n) is 4.36. The van der Waals surface area contributed by atoms with Gasteiger partial charge >= 0.3 is 0 Å². The van der Waals surface area contributed by atoms with Crippen molar-refractivity contribution >= 4 is 15.9 Å². The van der Waals surface area contributed by atoms with Gasteiger partial charge in [-0.2, -0.15) is 0 Å². The van der Waals surface area contributed by atoms with Crippen molar-refractivity contribution in [1.29, 1.82) is 0 Å². The average molecular weight is 310 g/mol. The Hall–Kier alpha value is -1.26. The smallest absolute Gasteiger partial charge is 0.169 e. The van der Waals surface area contributed by atoms with Crippen molar-refractivity contribution in [2.45, 2.75) is 26.0 Å². The van der Waals surface area contributed by atoms with E-state index in [1.54, 1.807) is 0 Å². The van der Waals surface area contributed by atoms with E-state index in [-0.39, 0.29) is 12.1 Å². The van der Waals surface area contributed by atoms with Crippen LogP contribution in [0.2, 0.25) is 0 Å². The topological polar surface area (TPSA) is 48.4 Å². The molecule has 96 valence electrons. The van der Waals surface area contributed by atoms with Gasteiger partial charge in [-0.15, -0.1) is 0 Å². The summed E-state index contributed by atoms with van der Waals surface area (Å²) in [6, 6.07) is 11.2. The molecule has 4 heteroatoms. The molecule has 0 radical (unpaired) electrons. The number of halogens is 1. The van der Waals surface area contributed by atoms with E-state index in [1.165, 1.54) is 0 Å². The minimum absolute atomic E-state index is 0.147. The molecule has 0 spiro atoms. The molecule has 1 atom stereocenters. The molecule has 0 fully saturated rings. The standard InChI is InChI=1S/C14H16BrNO2/c1-9(2)17-11-5-3-4-10(8-11)14(16)12-6-7-13(15)18-12/h3-9,14H,16H2,1-2H3. The van der Waals surface area contributed by atoms with Crippen LogP contribution < -0.4 is 10.5 Å². The highest BCUT2D eigenvalue weighted by Gasteiger charge is 2.13. The Morgan fingerprint density at radius 3 is 2.61 bits per heavy atom. The Labute approximate surface area is 115 Å². The molecule has 0 saturated carbocycles. The van der Waals surface area contributed by atoms with Gasteiger partial charge in [0, 0.05) is 0 Å². The molecule has 1 heterocycles. The van der Waals surface area contributed by atoms with Gasteiger partial charge in [0.15, 0.2) is 4.67 Å². The number of ether oxygens (including phenoxy) is 1. The van der Waals surface area contributed by atoms with Crippen molar-refractivity contribution in [3.8, 4) is 5.75 Å². The van der Waals surface area contributed by atoms with E-state index in [9.17, 15) is 0 Å². The van der Waals surface area contributed by atoms with Crippen molar-refractivity contribution < 1.29 is 9.15 Å². The van der Waals surface area contributed by atoms with Crippen LogP contribution in [0.25, 0.3) is 0 Å². The number of nitrogens with two attached hydrogens (primary N) is 1. The van der Waals surface area contributed by atoms with Crippen LogP contribution >= 0.6 is 15.9 Å². The molecule has 0 aliphatic rings. The summed E-state index contributed by atoms with van der Waals surface area (Å²) in [4.78, 5) is 0. The summed E-state index contributed by atoms with van der Waals surface area (Å²) >= 11 is 3.27. The Morgan fingerprint density at radius 2 is 2.00 bits per heavy atom. The van der Waals surface area contributed by atoms with Crippen LogP contribution in [0.3, 0.4) is 0 Å². The monoisotopic (exact) mass is 309 g/mol. The first-order valence-corrected chi connectivity index (χ1v) is 6.63. The van der Waals surface area contributed by atoms with Gasteiger partial charge < -0.3 is 14.9 Å². The molecule has 3 nitrogen and oxygen atoms in total. The predicted octanol–water partition coefficient (Wildman–Crippen LogP) is 3.88. The third-order valence-electron chi connectivity index (χ3n) is 2.49. The quantitative estimate of drug-likeness (QED) is 0.932. The van der Waals surface area contributed by atoms with Gasteiger partial charge in [0.1, 0.15) is 11.5 Å². The summed E-state index contributed by atoms with van der Waals surface area (Å²) in [6.45, 7) is 3.99. The first-order valence-electron chi connectivity index (χ1n) is 5.83. The van der Waals surface area contributed by atoms with Crippen LogP contribution in [0, 0.1) is 0 Å². The van der Waals surface area contributed by atoms with E-state index < -0.39 is 0 Å². The third kappa shape index (κ3) is 3.15. The molecule has 0 aliphatic carbocycles. The lowest BCUT2D eigenvalue weighted by Crippen LogP contribution is -2.12. The molecule has 1 aromatic heterocycles. The lowest BCUT2D eigenvalue weighted by molar-refractivity contribution is 0.242. The van der Waals surface area contributed by atoms with Crippen LogP contribution in [0.5, 0.6) is 5.75 Å². The molecule has 0 saturated heterocycles. The van der Waals surface area contributed by atoms with E-state index in [0.29, 0.717) is 4.67 Å². The van der Waals surface area contributed by atoms with Gasteiger partial charge in [0.05, 0.1) is 12.1 Å². The van der Waals surface area contributed by atoms with E-state index in [4.69, 9.17) is 14.9 Å². The average Bonchev–Trinajstić information content (AvgIpc) is 2.74. The second-order valence-corrected chi connectivity index (χ2v) is 5.14. The van der Waals surface area contributed by atoms with E-state index >= 15 is 0 Å². The molecule has 2 aromatic rings. The van der Waals surface area contributed by atoms with Gasteiger partial charge in [0.2, 0.25) is 0 Å². The van der Waals surface area contributed by atoms with Gasteiger partial charge in [-0.25, -0.2) is 0 Å². The predicted molar refractivity (Wildman–Crippen MR) is 74.6 cm³/mol. The van der Waals surface area contributed by atoms with Gasteiger partial charge in [-0.05, 0) is 59.6 Å². The Balaban J connectivity index is 2.22. The van der Waals surface area contributed by atoms with Gasteiger partial charge in [-0.3, -0.25) is 0 Å². The van der Waals surface area contributed by atoms with E-state index in [1.807, 2.05) is 50.2 Å². The summed E-state index contributed by atoms with van der Waals surface area (Å²) in [5.74, 6) is 1.55. The summed E-state index contributed by atoms with van der Waals surface area (Å²) in [7, 11) is 0. The van der Waals surface area contributed by atoms with Crippen LogP contribution in [0.4, 0.5) is 0 Å². The number of hydrogen-bond acceptors (Lipinski definition) is 3. The highest BCUT2D eigenvalue weighted by molar-refractivity contribution is 9.10. The summed E-state index contributed by atoms with van der Waals surface area (Å²) < 4.78 is 11.8. The number of hydrogen-bond donors (Lipinski definition) is 1. The first-order chi connectivity index (χ1) is 8.56. The van der Waals surface area contributed by atoms with Crippen molar-refractivity contribution in [2.75, 3.05) is 0 Å². The molecule has 1 unspecified atom stereocenters. The molecular formula is C14H16BrNO2. The zero-order chi connectivity index (χ0) is 13.1. The molecule has 2 rings (SSSR count). The van der Waals surface area contributed by atoms with E-state index in [0.717, 1.165) is 17.1 Å². The largest absolute Gasteiger partial charge is 0.491 e. The van der Waals surface area contributed by atoms with Crippen molar-refractivity contribution in [3.63, 3.8) is 0 Å². The maximum absolute atomic E-state index is 6.16. The molecular weight excluding hydrogens is 294 g/mol. The fraction of sp³-hybridized carbons (Fsp3) is 0.286.